The number of nitrogens with one attached hydrogen (secondary N) is 1. The number of furan rings is 1. The summed E-state index contributed by atoms with van der Waals surface area (Å²) in [7, 11) is 0. The second-order valence-corrected chi connectivity index (χ2v) is 8.05. The molecule has 0 aliphatic carbocycles. The molecule has 140 valence electrons. The van der Waals surface area contributed by atoms with E-state index in [0.717, 1.165) is 34.7 Å². The summed E-state index contributed by atoms with van der Waals surface area (Å²) in [6.07, 6.45) is 1.75. The number of para-hydroxylation sites is 1. The maximum atomic E-state index is 12.3. The molecule has 8 heteroatoms. The van der Waals surface area contributed by atoms with E-state index in [1.165, 1.54) is 11.8 Å². The van der Waals surface area contributed by atoms with Gasteiger partial charge in [0.1, 0.15) is 5.76 Å². The van der Waals surface area contributed by atoms with Crippen molar-refractivity contribution in [2.24, 2.45) is 4.99 Å². The highest BCUT2D eigenvalue weighted by Gasteiger charge is 2.25. The first-order valence-corrected chi connectivity index (χ1v) is 10.2. The van der Waals surface area contributed by atoms with E-state index in [1.807, 2.05) is 37.3 Å². The molecule has 2 aliphatic rings. The second-order valence-electron chi connectivity index (χ2n) is 6.17. The quantitative estimate of drug-likeness (QED) is 0.717. The molecule has 1 aromatic heterocycles. The van der Waals surface area contributed by atoms with Gasteiger partial charge >= 0.3 is 0 Å². The minimum Gasteiger partial charge on any atom is -0.440 e. The zero-order valence-corrected chi connectivity index (χ0v) is 17.1. The number of morpholine rings is 1. The predicted octanol–water partition coefficient (Wildman–Crippen LogP) is 4.08. The Balaban J connectivity index is 1.54. The molecule has 1 N–H and O–H groups in total. The number of carbonyl (C=O) groups excluding carboxylic acids is 1. The number of benzene rings is 1. The molecule has 0 saturated carbocycles. The van der Waals surface area contributed by atoms with E-state index < -0.39 is 0 Å². The van der Waals surface area contributed by atoms with Gasteiger partial charge in [-0.1, -0.05) is 18.2 Å². The smallest absolute Gasteiger partial charge is 0.264 e. The first-order valence-electron chi connectivity index (χ1n) is 8.57. The molecule has 4 rings (SSSR count). The van der Waals surface area contributed by atoms with Gasteiger partial charge in [0.15, 0.2) is 5.17 Å². The number of amides is 1. The van der Waals surface area contributed by atoms with Gasteiger partial charge in [0, 0.05) is 25.2 Å². The molecule has 1 aromatic carbocycles. The van der Waals surface area contributed by atoms with Crippen LogP contribution in [0.2, 0.25) is 0 Å². The number of rotatable bonds is 3. The van der Waals surface area contributed by atoms with Gasteiger partial charge in [0.2, 0.25) is 5.88 Å². The van der Waals surface area contributed by atoms with Gasteiger partial charge in [-0.15, -0.1) is 0 Å². The van der Waals surface area contributed by atoms with E-state index in [0.29, 0.717) is 29.0 Å². The fourth-order valence-electron chi connectivity index (χ4n) is 2.84. The van der Waals surface area contributed by atoms with Crippen LogP contribution in [0.25, 0.3) is 6.08 Å². The molecule has 2 fully saturated rings. The number of aryl methyl sites for hydroxylation is 1. The summed E-state index contributed by atoms with van der Waals surface area (Å²) in [5.74, 6) is 1.22. The largest absolute Gasteiger partial charge is 0.440 e. The Kier molecular flexibility index (Phi) is 5.38. The Morgan fingerprint density at radius 1 is 1.30 bits per heavy atom. The summed E-state index contributed by atoms with van der Waals surface area (Å²) in [6, 6.07) is 9.69. The first kappa shape index (κ1) is 18.3. The molecule has 0 unspecified atom stereocenters. The van der Waals surface area contributed by atoms with Gasteiger partial charge < -0.3 is 19.4 Å². The maximum absolute atomic E-state index is 12.3. The Hall–Kier alpha value is -2.03. The molecule has 0 spiro atoms. The van der Waals surface area contributed by atoms with E-state index in [2.05, 4.69) is 31.1 Å². The van der Waals surface area contributed by atoms with Crippen LogP contribution in [0, 0.1) is 6.92 Å². The van der Waals surface area contributed by atoms with Gasteiger partial charge in [-0.3, -0.25) is 4.79 Å². The minimum atomic E-state index is -0.173. The van der Waals surface area contributed by atoms with Crippen LogP contribution >= 0.6 is 27.7 Å². The number of hydrogen-bond donors (Lipinski definition) is 1. The number of amidine groups is 1. The molecule has 27 heavy (non-hydrogen) atoms. The number of thioether (sulfide) groups is 1. The third kappa shape index (κ3) is 4.12. The van der Waals surface area contributed by atoms with E-state index in [1.54, 1.807) is 6.08 Å². The lowest BCUT2D eigenvalue weighted by molar-refractivity contribution is -0.115. The molecule has 2 saturated heterocycles. The Morgan fingerprint density at radius 3 is 2.85 bits per heavy atom. The average molecular weight is 448 g/mol. The molecule has 2 aromatic rings. The number of nitrogens with zero attached hydrogens (tertiary/aromatic N) is 2. The lowest BCUT2D eigenvalue weighted by Gasteiger charge is -2.26. The summed E-state index contributed by atoms with van der Waals surface area (Å²) < 4.78 is 12.2. The Labute approximate surface area is 169 Å². The van der Waals surface area contributed by atoms with Crippen molar-refractivity contribution in [2.75, 3.05) is 31.2 Å². The van der Waals surface area contributed by atoms with Crippen molar-refractivity contribution in [3.63, 3.8) is 0 Å². The van der Waals surface area contributed by atoms with Crippen molar-refractivity contribution in [3.05, 3.63) is 51.0 Å². The van der Waals surface area contributed by atoms with Crippen molar-refractivity contribution in [1.29, 1.82) is 0 Å². The number of anilines is 1. The van der Waals surface area contributed by atoms with Crippen LogP contribution in [-0.2, 0) is 9.53 Å². The summed E-state index contributed by atoms with van der Waals surface area (Å²) >= 11 is 4.85. The van der Waals surface area contributed by atoms with Gasteiger partial charge in [-0.25, -0.2) is 4.99 Å². The molecule has 6 nitrogen and oxygen atoms in total. The minimum absolute atomic E-state index is 0.173. The Morgan fingerprint density at radius 2 is 2.07 bits per heavy atom. The third-order valence-electron chi connectivity index (χ3n) is 4.25. The van der Waals surface area contributed by atoms with Crippen molar-refractivity contribution in [1.82, 2.24) is 5.32 Å². The summed E-state index contributed by atoms with van der Waals surface area (Å²) in [4.78, 5) is 19.5. The van der Waals surface area contributed by atoms with Gasteiger partial charge in [-0.05, 0) is 46.2 Å². The summed E-state index contributed by atoms with van der Waals surface area (Å²) in [6.45, 7) is 4.92. The summed E-state index contributed by atoms with van der Waals surface area (Å²) in [5.41, 5.74) is 1.90. The average Bonchev–Trinajstić information content (AvgIpc) is 3.20. The maximum Gasteiger partial charge on any atom is 0.264 e. The van der Waals surface area contributed by atoms with Gasteiger partial charge in [0.05, 0.1) is 28.3 Å². The molecule has 2 aliphatic heterocycles. The normalized spacial score (nSPS) is 20.5. The highest BCUT2D eigenvalue weighted by Crippen LogP contribution is 2.34. The fraction of sp³-hybridized carbons (Fsp3) is 0.263. The highest BCUT2D eigenvalue weighted by atomic mass is 79.9. The number of halogens is 1. The first-order chi connectivity index (χ1) is 13.1. The molecule has 0 bridgehead atoms. The van der Waals surface area contributed by atoms with E-state index in [9.17, 15) is 4.79 Å². The fourth-order valence-corrected chi connectivity index (χ4v) is 4.21. The molecule has 0 atom stereocenters. The zero-order valence-electron chi connectivity index (χ0n) is 14.7. The predicted molar refractivity (Wildman–Crippen MR) is 111 cm³/mol. The Bertz CT molecular complexity index is 932. The highest BCUT2D eigenvalue weighted by molar-refractivity contribution is 9.10. The van der Waals surface area contributed by atoms with E-state index in [4.69, 9.17) is 9.15 Å². The number of aliphatic imine (C=N–C) groups is 1. The summed E-state index contributed by atoms with van der Waals surface area (Å²) in [5, 5.41) is 3.38. The number of carbonyl (C=O) groups is 1. The van der Waals surface area contributed by atoms with E-state index in [-0.39, 0.29) is 5.91 Å². The lowest BCUT2D eigenvalue weighted by atomic mass is 10.2. The zero-order chi connectivity index (χ0) is 18.8. The molecular formula is C19H18BrN3O3S. The lowest BCUT2D eigenvalue weighted by Crippen LogP contribution is -2.36. The monoisotopic (exact) mass is 447 g/mol. The van der Waals surface area contributed by atoms with Crippen LogP contribution in [0.15, 0.2) is 49.1 Å². The van der Waals surface area contributed by atoms with Crippen LogP contribution in [-0.4, -0.2) is 37.4 Å². The van der Waals surface area contributed by atoms with Crippen LogP contribution in [0.4, 0.5) is 11.6 Å². The van der Waals surface area contributed by atoms with Crippen molar-refractivity contribution < 1.29 is 13.9 Å². The number of hydrogen-bond acceptors (Lipinski definition) is 6. The topological polar surface area (TPSA) is 67.1 Å². The molecule has 0 radical (unpaired) electrons. The van der Waals surface area contributed by atoms with Gasteiger partial charge in [-0.2, -0.15) is 0 Å². The third-order valence-corrected chi connectivity index (χ3v) is 5.73. The van der Waals surface area contributed by atoms with Crippen LogP contribution < -0.4 is 10.2 Å². The SMILES string of the molecule is Cc1ccccc1N=C1NC(=O)/C(=C/c2cc(Br)c(N3CCOCC3)o2)S1. The van der Waals surface area contributed by atoms with Crippen molar-refractivity contribution >= 4 is 56.4 Å². The van der Waals surface area contributed by atoms with Crippen LogP contribution in [0.5, 0.6) is 0 Å². The molecule has 1 amide bonds. The van der Waals surface area contributed by atoms with Gasteiger partial charge in [0.25, 0.3) is 5.91 Å². The van der Waals surface area contributed by atoms with Crippen LogP contribution in [0.3, 0.4) is 0 Å². The molecule has 3 heterocycles. The standard InChI is InChI=1S/C19H18BrN3O3S/c1-12-4-2-3-5-15(12)21-19-22-17(24)16(27-19)11-13-10-14(20)18(26-13)23-6-8-25-9-7-23/h2-5,10-11H,6-9H2,1H3,(H,21,22,24)/b16-11-. The van der Waals surface area contributed by atoms with Crippen molar-refractivity contribution in [2.45, 2.75) is 6.92 Å². The second kappa shape index (κ2) is 7.92. The molecular weight excluding hydrogens is 430 g/mol. The van der Waals surface area contributed by atoms with Crippen molar-refractivity contribution in [3.8, 4) is 0 Å². The number of ether oxygens (including phenoxy) is 1. The van der Waals surface area contributed by atoms with Crippen LogP contribution in [0.1, 0.15) is 11.3 Å². The van der Waals surface area contributed by atoms with E-state index >= 15 is 0 Å².